The van der Waals surface area contributed by atoms with Gasteiger partial charge in [0.15, 0.2) is 5.11 Å². The van der Waals surface area contributed by atoms with Crippen molar-refractivity contribution in [1.82, 2.24) is 14.9 Å². The van der Waals surface area contributed by atoms with Crippen LogP contribution in [-0.2, 0) is 0 Å². The minimum atomic E-state index is -0.0788. The van der Waals surface area contributed by atoms with Crippen molar-refractivity contribution in [3.63, 3.8) is 0 Å². The Bertz CT molecular complexity index is 1260. The number of thiocarbonyl (C=S) groups is 1. The van der Waals surface area contributed by atoms with Gasteiger partial charge in [0, 0.05) is 49.2 Å². The molecule has 1 aliphatic heterocycles. The molecule has 2 atom stereocenters. The van der Waals surface area contributed by atoms with Gasteiger partial charge in [-0.1, -0.05) is 24.3 Å². The molecule has 166 valence electrons. The Morgan fingerprint density at radius 3 is 2.36 bits per heavy atom. The molecule has 4 aromatic rings. The Hall–Kier alpha value is -3.64. The number of nitrogens with zero attached hydrogens (tertiary/aromatic N) is 4. The molecular weight excluding hydrogens is 426 g/mol. The SMILES string of the molecule is Cc1ccccc1-n1cccc1C1C(c2ccccn2)NC(=S)N1c1ccc(N(C)C)cc1. The van der Waals surface area contributed by atoms with E-state index in [-0.39, 0.29) is 12.1 Å². The third-order valence-corrected chi connectivity index (χ3v) is 6.52. The van der Waals surface area contributed by atoms with E-state index in [1.165, 1.54) is 5.56 Å². The molecule has 3 heterocycles. The summed E-state index contributed by atoms with van der Waals surface area (Å²) in [6.07, 6.45) is 3.97. The van der Waals surface area contributed by atoms with Crippen LogP contribution in [0.1, 0.15) is 29.0 Å². The van der Waals surface area contributed by atoms with E-state index in [4.69, 9.17) is 12.2 Å². The molecule has 0 saturated carbocycles. The van der Waals surface area contributed by atoms with Crippen LogP contribution in [0.25, 0.3) is 5.69 Å². The summed E-state index contributed by atoms with van der Waals surface area (Å²) in [5, 5.41) is 4.26. The fourth-order valence-electron chi connectivity index (χ4n) is 4.53. The van der Waals surface area contributed by atoms with Gasteiger partial charge in [-0.3, -0.25) is 4.98 Å². The standard InChI is InChI=1S/C27H27N5S/c1-19-9-4-5-11-23(19)31-18-8-12-24(31)26-25(22-10-6-7-17-28-22)29-27(33)32(26)21-15-13-20(14-16-21)30(2)3/h4-18,25-26H,1-3H3,(H,29,33). The molecule has 0 aliphatic carbocycles. The highest BCUT2D eigenvalue weighted by Gasteiger charge is 2.42. The molecular formula is C27H27N5S. The normalized spacial score (nSPS) is 17.8. The van der Waals surface area contributed by atoms with Gasteiger partial charge in [0.1, 0.15) is 6.04 Å². The zero-order valence-electron chi connectivity index (χ0n) is 19.0. The molecule has 6 heteroatoms. The second-order valence-electron chi connectivity index (χ2n) is 8.50. The highest BCUT2D eigenvalue weighted by Crippen LogP contribution is 2.42. The van der Waals surface area contributed by atoms with Crippen LogP contribution in [0.4, 0.5) is 11.4 Å². The van der Waals surface area contributed by atoms with Gasteiger partial charge in [-0.15, -0.1) is 0 Å². The van der Waals surface area contributed by atoms with Crippen molar-refractivity contribution in [1.29, 1.82) is 0 Å². The smallest absolute Gasteiger partial charge is 0.174 e. The Kier molecular flexibility index (Phi) is 5.60. The molecule has 2 aromatic carbocycles. The van der Waals surface area contributed by atoms with Crippen LogP contribution in [0, 0.1) is 6.92 Å². The van der Waals surface area contributed by atoms with Gasteiger partial charge < -0.3 is 19.7 Å². The van der Waals surface area contributed by atoms with Crippen molar-refractivity contribution in [2.24, 2.45) is 0 Å². The molecule has 0 radical (unpaired) electrons. The average Bonchev–Trinajstić information content (AvgIpc) is 3.44. The third-order valence-electron chi connectivity index (χ3n) is 6.20. The Morgan fingerprint density at radius 2 is 1.67 bits per heavy atom. The summed E-state index contributed by atoms with van der Waals surface area (Å²) in [5.41, 5.74) is 6.72. The molecule has 0 spiro atoms. The van der Waals surface area contributed by atoms with Crippen LogP contribution >= 0.6 is 12.2 Å². The second-order valence-corrected chi connectivity index (χ2v) is 8.88. The van der Waals surface area contributed by atoms with Crippen molar-refractivity contribution in [3.05, 3.63) is 108 Å². The average molecular weight is 454 g/mol. The lowest BCUT2D eigenvalue weighted by Gasteiger charge is -2.29. The van der Waals surface area contributed by atoms with E-state index in [0.29, 0.717) is 5.11 Å². The number of para-hydroxylation sites is 1. The Morgan fingerprint density at radius 1 is 0.909 bits per heavy atom. The lowest BCUT2D eigenvalue weighted by atomic mass is 10.0. The van der Waals surface area contributed by atoms with E-state index >= 15 is 0 Å². The van der Waals surface area contributed by atoms with Crippen LogP contribution in [0.2, 0.25) is 0 Å². The lowest BCUT2D eigenvalue weighted by molar-refractivity contribution is 0.549. The number of pyridine rings is 1. The fourth-order valence-corrected chi connectivity index (χ4v) is 4.88. The van der Waals surface area contributed by atoms with Crippen molar-refractivity contribution in [2.75, 3.05) is 23.9 Å². The first-order valence-electron chi connectivity index (χ1n) is 11.1. The van der Waals surface area contributed by atoms with Crippen molar-refractivity contribution in [3.8, 4) is 5.69 Å². The largest absolute Gasteiger partial charge is 0.378 e. The molecule has 1 fully saturated rings. The lowest BCUT2D eigenvalue weighted by Crippen LogP contribution is -2.30. The molecule has 33 heavy (non-hydrogen) atoms. The molecule has 0 amide bonds. The number of aryl methyl sites for hydroxylation is 1. The summed E-state index contributed by atoms with van der Waals surface area (Å²) in [4.78, 5) is 9.00. The molecule has 2 unspecified atom stereocenters. The van der Waals surface area contributed by atoms with Gasteiger partial charge in [-0.05, 0) is 79.3 Å². The summed E-state index contributed by atoms with van der Waals surface area (Å²) < 4.78 is 2.27. The molecule has 5 rings (SSSR count). The number of hydrogen-bond acceptors (Lipinski definition) is 3. The molecule has 1 N–H and O–H groups in total. The minimum absolute atomic E-state index is 0.0628. The fraction of sp³-hybridized carbons (Fsp3) is 0.185. The van der Waals surface area contributed by atoms with Crippen molar-refractivity contribution < 1.29 is 0 Å². The van der Waals surface area contributed by atoms with Crippen LogP contribution in [-0.4, -0.2) is 28.8 Å². The van der Waals surface area contributed by atoms with Gasteiger partial charge in [0.25, 0.3) is 0 Å². The maximum absolute atomic E-state index is 5.89. The van der Waals surface area contributed by atoms with E-state index < -0.39 is 0 Å². The van der Waals surface area contributed by atoms with E-state index in [1.54, 1.807) is 0 Å². The van der Waals surface area contributed by atoms with E-state index in [2.05, 4.69) is 105 Å². The zero-order valence-corrected chi connectivity index (χ0v) is 19.8. The van der Waals surface area contributed by atoms with Crippen molar-refractivity contribution >= 4 is 28.7 Å². The van der Waals surface area contributed by atoms with Crippen LogP contribution in [0.3, 0.4) is 0 Å². The number of nitrogens with one attached hydrogen (secondary N) is 1. The summed E-state index contributed by atoms with van der Waals surface area (Å²) >= 11 is 5.89. The van der Waals surface area contributed by atoms with Gasteiger partial charge >= 0.3 is 0 Å². The topological polar surface area (TPSA) is 36.3 Å². The predicted octanol–water partition coefficient (Wildman–Crippen LogP) is 5.42. The maximum atomic E-state index is 5.89. The van der Waals surface area contributed by atoms with E-state index in [9.17, 15) is 0 Å². The van der Waals surface area contributed by atoms with Gasteiger partial charge in [0.05, 0.1) is 11.7 Å². The minimum Gasteiger partial charge on any atom is -0.378 e. The maximum Gasteiger partial charge on any atom is 0.174 e. The zero-order chi connectivity index (χ0) is 22.9. The number of aromatic nitrogens is 2. The van der Waals surface area contributed by atoms with Crippen LogP contribution < -0.4 is 15.1 Å². The quantitative estimate of drug-likeness (QED) is 0.408. The summed E-state index contributed by atoms with van der Waals surface area (Å²) in [6.45, 7) is 2.14. The third kappa shape index (κ3) is 3.87. The summed E-state index contributed by atoms with van der Waals surface area (Å²) in [6, 6.07) is 27.2. The summed E-state index contributed by atoms with van der Waals surface area (Å²) in [5.74, 6) is 0. The molecule has 2 aromatic heterocycles. The number of benzene rings is 2. The van der Waals surface area contributed by atoms with E-state index in [0.717, 1.165) is 28.5 Å². The van der Waals surface area contributed by atoms with Crippen molar-refractivity contribution in [2.45, 2.75) is 19.0 Å². The van der Waals surface area contributed by atoms with Gasteiger partial charge in [-0.2, -0.15) is 0 Å². The monoisotopic (exact) mass is 453 g/mol. The number of anilines is 2. The Balaban J connectivity index is 1.65. The van der Waals surface area contributed by atoms with Gasteiger partial charge in [0.2, 0.25) is 0 Å². The second kappa shape index (κ2) is 8.71. The molecule has 5 nitrogen and oxygen atoms in total. The summed E-state index contributed by atoms with van der Waals surface area (Å²) in [7, 11) is 4.10. The Labute approximate surface area is 200 Å². The number of rotatable bonds is 5. The first-order chi connectivity index (χ1) is 16.0. The highest BCUT2D eigenvalue weighted by atomic mass is 32.1. The molecule has 1 saturated heterocycles. The first kappa shape index (κ1) is 21.2. The van der Waals surface area contributed by atoms with E-state index in [1.807, 2.05) is 32.4 Å². The molecule has 1 aliphatic rings. The highest BCUT2D eigenvalue weighted by molar-refractivity contribution is 7.80. The number of hydrogen-bond donors (Lipinski definition) is 1. The first-order valence-corrected chi connectivity index (χ1v) is 11.5. The van der Waals surface area contributed by atoms with Crippen LogP contribution in [0.15, 0.2) is 91.3 Å². The van der Waals surface area contributed by atoms with Gasteiger partial charge in [-0.25, -0.2) is 0 Å². The molecule has 0 bridgehead atoms. The van der Waals surface area contributed by atoms with Crippen LogP contribution in [0.5, 0.6) is 0 Å². The predicted molar refractivity (Wildman–Crippen MR) is 139 cm³/mol.